The molecule has 0 saturated carbocycles. The predicted octanol–water partition coefficient (Wildman–Crippen LogP) is 0.262. The third-order valence-electron chi connectivity index (χ3n) is 2.48. The van der Waals surface area contributed by atoms with Crippen LogP contribution in [0.1, 0.15) is 16.4 Å². The van der Waals surface area contributed by atoms with E-state index in [0.29, 0.717) is 5.56 Å². The standard InChI is InChI=1S/C11H15NO6S2/c1-8-2-4-9(5-3-8)10(19(14)15)11(13)12-6-7-20(16,17)18/h2-5,10H,6-7H2,1H3,(H,12,13)(H,14,15)(H,16,17,18). The molecule has 2 atom stereocenters. The molecule has 0 saturated heterocycles. The maximum absolute atomic E-state index is 11.8. The van der Waals surface area contributed by atoms with E-state index >= 15 is 0 Å². The van der Waals surface area contributed by atoms with Crippen LogP contribution in [-0.4, -0.2) is 39.9 Å². The molecule has 1 aromatic rings. The van der Waals surface area contributed by atoms with Crippen molar-refractivity contribution in [3.8, 4) is 0 Å². The summed E-state index contributed by atoms with van der Waals surface area (Å²) in [6.45, 7) is 1.50. The van der Waals surface area contributed by atoms with Crippen molar-refractivity contribution in [1.82, 2.24) is 5.32 Å². The van der Waals surface area contributed by atoms with Gasteiger partial charge in [-0.1, -0.05) is 29.8 Å². The monoisotopic (exact) mass is 321 g/mol. The zero-order valence-electron chi connectivity index (χ0n) is 10.6. The number of aryl methyl sites for hydroxylation is 1. The van der Waals surface area contributed by atoms with Crippen LogP contribution in [0.5, 0.6) is 0 Å². The van der Waals surface area contributed by atoms with Gasteiger partial charge >= 0.3 is 0 Å². The topological polar surface area (TPSA) is 121 Å². The average Bonchev–Trinajstić information content (AvgIpc) is 2.30. The predicted molar refractivity (Wildman–Crippen MR) is 74.1 cm³/mol. The first-order valence-electron chi connectivity index (χ1n) is 5.60. The lowest BCUT2D eigenvalue weighted by molar-refractivity contribution is -0.120. The van der Waals surface area contributed by atoms with Gasteiger partial charge in [0.2, 0.25) is 5.91 Å². The molecule has 0 radical (unpaired) electrons. The molecule has 0 heterocycles. The largest absolute Gasteiger partial charge is 0.354 e. The third-order valence-corrected chi connectivity index (χ3v) is 4.09. The minimum atomic E-state index is -4.19. The summed E-state index contributed by atoms with van der Waals surface area (Å²) >= 11 is -2.44. The van der Waals surface area contributed by atoms with Gasteiger partial charge < -0.3 is 9.87 Å². The normalized spacial score (nSPS) is 14.6. The Morgan fingerprint density at radius 1 is 1.35 bits per heavy atom. The highest BCUT2D eigenvalue weighted by Gasteiger charge is 2.26. The van der Waals surface area contributed by atoms with Crippen LogP contribution in [0.15, 0.2) is 24.3 Å². The molecule has 0 aliphatic heterocycles. The molecule has 7 nitrogen and oxygen atoms in total. The summed E-state index contributed by atoms with van der Waals surface area (Å²) in [5.41, 5.74) is 1.28. The fourth-order valence-corrected chi connectivity index (χ4v) is 2.51. The quantitative estimate of drug-likeness (QED) is 0.510. The van der Waals surface area contributed by atoms with Gasteiger partial charge in [0.05, 0.1) is 5.75 Å². The molecular formula is C11H15NO6S2. The molecule has 9 heteroatoms. The Balaban J connectivity index is 2.79. The molecule has 1 amide bonds. The number of rotatable bonds is 6. The molecule has 0 bridgehead atoms. The van der Waals surface area contributed by atoms with Crippen LogP contribution >= 0.6 is 0 Å². The van der Waals surface area contributed by atoms with E-state index in [2.05, 4.69) is 5.32 Å². The fourth-order valence-electron chi connectivity index (χ4n) is 1.50. The SMILES string of the molecule is Cc1ccc(C(C(=O)NCCS(=O)(=O)O)S(=O)O)cc1. The molecule has 112 valence electrons. The maximum Gasteiger partial charge on any atom is 0.266 e. The van der Waals surface area contributed by atoms with Crippen molar-refractivity contribution >= 4 is 27.1 Å². The molecule has 3 N–H and O–H groups in total. The summed E-state index contributed by atoms with van der Waals surface area (Å²) in [6.07, 6.45) is 0. The number of benzene rings is 1. The van der Waals surface area contributed by atoms with Crippen LogP contribution in [0.2, 0.25) is 0 Å². The first kappa shape index (κ1) is 16.8. The first-order chi connectivity index (χ1) is 9.20. The zero-order chi connectivity index (χ0) is 15.3. The summed E-state index contributed by atoms with van der Waals surface area (Å²) < 4.78 is 50.1. The number of carbonyl (C=O) groups is 1. The Labute approximate surface area is 119 Å². The van der Waals surface area contributed by atoms with E-state index in [1.165, 1.54) is 0 Å². The van der Waals surface area contributed by atoms with Crippen LogP contribution in [0, 0.1) is 6.92 Å². The second-order valence-electron chi connectivity index (χ2n) is 4.14. The Bertz CT molecular complexity index is 596. The van der Waals surface area contributed by atoms with Gasteiger partial charge in [-0.05, 0) is 12.5 Å². The number of amides is 1. The van der Waals surface area contributed by atoms with E-state index in [4.69, 9.17) is 4.55 Å². The Hall–Kier alpha value is -1.29. The van der Waals surface area contributed by atoms with Gasteiger partial charge in [0.25, 0.3) is 10.1 Å². The molecule has 0 spiro atoms. The summed E-state index contributed by atoms with van der Waals surface area (Å²) in [5, 5.41) is 0.894. The molecule has 0 aliphatic carbocycles. The Morgan fingerprint density at radius 3 is 2.35 bits per heavy atom. The van der Waals surface area contributed by atoms with Gasteiger partial charge in [-0.3, -0.25) is 9.35 Å². The lowest BCUT2D eigenvalue weighted by atomic mass is 10.1. The van der Waals surface area contributed by atoms with Crippen molar-refractivity contribution in [2.75, 3.05) is 12.3 Å². The zero-order valence-corrected chi connectivity index (χ0v) is 12.3. The maximum atomic E-state index is 11.8. The molecule has 0 fully saturated rings. The van der Waals surface area contributed by atoms with Gasteiger partial charge in [-0.25, -0.2) is 4.21 Å². The van der Waals surface area contributed by atoms with Crippen molar-refractivity contribution in [2.45, 2.75) is 12.2 Å². The molecule has 0 aliphatic rings. The highest BCUT2D eigenvalue weighted by atomic mass is 32.2. The van der Waals surface area contributed by atoms with E-state index in [1.54, 1.807) is 24.3 Å². The summed E-state index contributed by atoms with van der Waals surface area (Å²) in [6, 6.07) is 6.49. The second kappa shape index (κ2) is 6.93. The number of carbonyl (C=O) groups excluding carboxylic acids is 1. The van der Waals surface area contributed by atoms with Crippen molar-refractivity contribution in [3.05, 3.63) is 35.4 Å². The fraction of sp³-hybridized carbons (Fsp3) is 0.364. The van der Waals surface area contributed by atoms with E-state index in [-0.39, 0.29) is 6.54 Å². The van der Waals surface area contributed by atoms with Gasteiger partial charge in [-0.15, -0.1) is 0 Å². The summed E-state index contributed by atoms with van der Waals surface area (Å²) in [7, 11) is -4.19. The number of hydrogen-bond donors (Lipinski definition) is 3. The number of nitrogens with one attached hydrogen (secondary N) is 1. The minimum absolute atomic E-state index is 0.336. The first-order valence-corrected chi connectivity index (χ1v) is 8.37. The minimum Gasteiger partial charge on any atom is -0.354 e. The lowest BCUT2D eigenvalue weighted by Crippen LogP contribution is -2.34. The summed E-state index contributed by atoms with van der Waals surface area (Å²) in [5.74, 6) is -1.43. The van der Waals surface area contributed by atoms with Crippen molar-refractivity contribution in [3.63, 3.8) is 0 Å². The van der Waals surface area contributed by atoms with Gasteiger partial charge in [0, 0.05) is 6.54 Å². The summed E-state index contributed by atoms with van der Waals surface area (Å²) in [4.78, 5) is 11.8. The van der Waals surface area contributed by atoms with Crippen LogP contribution in [0.4, 0.5) is 0 Å². The molecule has 2 unspecified atom stereocenters. The third kappa shape index (κ3) is 5.37. The Kier molecular flexibility index (Phi) is 5.81. The lowest BCUT2D eigenvalue weighted by Gasteiger charge is -2.13. The molecule has 1 aromatic carbocycles. The second-order valence-corrected chi connectivity index (χ2v) is 6.74. The van der Waals surface area contributed by atoms with Crippen molar-refractivity contribution in [1.29, 1.82) is 0 Å². The van der Waals surface area contributed by atoms with E-state index in [1.807, 2.05) is 6.92 Å². The molecule has 1 rings (SSSR count). The van der Waals surface area contributed by atoms with Crippen LogP contribution in [0.25, 0.3) is 0 Å². The van der Waals surface area contributed by atoms with Crippen LogP contribution in [-0.2, 0) is 26.0 Å². The van der Waals surface area contributed by atoms with Crippen molar-refractivity contribution in [2.24, 2.45) is 0 Å². The molecule has 0 aromatic heterocycles. The average molecular weight is 321 g/mol. The highest BCUT2D eigenvalue weighted by Crippen LogP contribution is 2.19. The van der Waals surface area contributed by atoms with E-state index < -0.39 is 38.1 Å². The highest BCUT2D eigenvalue weighted by molar-refractivity contribution is 7.85. The van der Waals surface area contributed by atoms with E-state index in [0.717, 1.165) is 5.56 Å². The van der Waals surface area contributed by atoms with E-state index in [9.17, 15) is 22.0 Å². The van der Waals surface area contributed by atoms with Crippen LogP contribution < -0.4 is 5.32 Å². The Morgan fingerprint density at radius 2 is 1.90 bits per heavy atom. The van der Waals surface area contributed by atoms with Crippen molar-refractivity contribution < 1.29 is 26.5 Å². The molecular weight excluding hydrogens is 306 g/mol. The molecule has 20 heavy (non-hydrogen) atoms. The van der Waals surface area contributed by atoms with Crippen LogP contribution in [0.3, 0.4) is 0 Å². The number of hydrogen-bond acceptors (Lipinski definition) is 4. The van der Waals surface area contributed by atoms with Gasteiger partial charge in [0.1, 0.15) is 0 Å². The van der Waals surface area contributed by atoms with Gasteiger partial charge in [-0.2, -0.15) is 8.42 Å². The smallest absolute Gasteiger partial charge is 0.266 e. The van der Waals surface area contributed by atoms with Gasteiger partial charge in [0.15, 0.2) is 16.3 Å².